The number of aliphatic carboxylic acids is 1. The minimum Gasteiger partial charge on any atom is -0.481 e. The van der Waals surface area contributed by atoms with Gasteiger partial charge in [-0.1, -0.05) is 27.7 Å². The molecule has 0 saturated heterocycles. The number of hydrogen-bond acceptors (Lipinski definition) is 2. The molecule has 0 radical (unpaired) electrons. The molecule has 0 aliphatic heterocycles. The van der Waals surface area contributed by atoms with Crippen molar-refractivity contribution in [2.75, 3.05) is 13.1 Å². The van der Waals surface area contributed by atoms with Crippen LogP contribution in [0.1, 0.15) is 40.5 Å². The lowest BCUT2D eigenvalue weighted by Gasteiger charge is -2.24. The lowest BCUT2D eigenvalue weighted by molar-refractivity contribution is -0.139. The van der Waals surface area contributed by atoms with Gasteiger partial charge >= 0.3 is 5.97 Å². The number of carbonyl (C=O) groups excluding carboxylic acids is 1. The molecule has 1 aliphatic rings. The predicted octanol–water partition coefficient (Wildman–Crippen LogP) is 1.99. The molecule has 17 heavy (non-hydrogen) atoms. The molecule has 1 rings (SSSR count). The lowest BCUT2D eigenvalue weighted by Crippen LogP contribution is -2.37. The van der Waals surface area contributed by atoms with Gasteiger partial charge in [0.05, 0.1) is 6.42 Å². The van der Waals surface area contributed by atoms with Gasteiger partial charge < -0.3 is 10.0 Å². The van der Waals surface area contributed by atoms with Gasteiger partial charge in [-0.15, -0.1) is 0 Å². The maximum absolute atomic E-state index is 12.2. The molecule has 0 aromatic carbocycles. The van der Waals surface area contributed by atoms with Crippen molar-refractivity contribution in [2.45, 2.75) is 40.5 Å². The van der Waals surface area contributed by atoms with Gasteiger partial charge in [0, 0.05) is 19.0 Å². The zero-order valence-corrected chi connectivity index (χ0v) is 11.2. The van der Waals surface area contributed by atoms with Crippen LogP contribution in [0.3, 0.4) is 0 Å². The van der Waals surface area contributed by atoms with Crippen LogP contribution in [0.5, 0.6) is 0 Å². The van der Waals surface area contributed by atoms with Gasteiger partial charge in [0.2, 0.25) is 5.91 Å². The molecule has 1 amide bonds. The zero-order valence-electron chi connectivity index (χ0n) is 11.2. The van der Waals surface area contributed by atoms with E-state index in [1.807, 2.05) is 13.8 Å². The third kappa shape index (κ3) is 4.02. The van der Waals surface area contributed by atoms with Crippen molar-refractivity contribution in [3.05, 3.63) is 0 Å². The van der Waals surface area contributed by atoms with Gasteiger partial charge in [0.1, 0.15) is 0 Å². The SMILES string of the molecule is CC(C)CN(CCC(=O)O)C(=O)[C@H]1CC1(C)C. The Morgan fingerprint density at radius 2 is 1.94 bits per heavy atom. The van der Waals surface area contributed by atoms with E-state index in [-0.39, 0.29) is 23.7 Å². The van der Waals surface area contributed by atoms with Crippen LogP contribution in [-0.4, -0.2) is 35.0 Å². The maximum atomic E-state index is 12.2. The number of carboxylic acids is 1. The number of amides is 1. The second kappa shape index (κ2) is 5.07. The second-order valence-corrected chi connectivity index (χ2v) is 6.07. The monoisotopic (exact) mass is 241 g/mol. The van der Waals surface area contributed by atoms with Crippen LogP contribution in [0.25, 0.3) is 0 Å². The highest BCUT2D eigenvalue weighted by Gasteiger charge is 2.51. The average molecular weight is 241 g/mol. The summed E-state index contributed by atoms with van der Waals surface area (Å²) in [4.78, 5) is 24.5. The normalized spacial score (nSPS) is 21.4. The molecule has 1 N–H and O–H groups in total. The molecule has 1 fully saturated rings. The van der Waals surface area contributed by atoms with Crippen molar-refractivity contribution in [2.24, 2.45) is 17.3 Å². The van der Waals surface area contributed by atoms with E-state index in [4.69, 9.17) is 5.11 Å². The molecule has 4 nitrogen and oxygen atoms in total. The fraction of sp³-hybridized carbons (Fsp3) is 0.846. The van der Waals surface area contributed by atoms with E-state index < -0.39 is 5.97 Å². The topological polar surface area (TPSA) is 57.6 Å². The molecule has 1 saturated carbocycles. The van der Waals surface area contributed by atoms with Gasteiger partial charge in [-0.3, -0.25) is 9.59 Å². The summed E-state index contributed by atoms with van der Waals surface area (Å²) in [5.74, 6) is -0.254. The Bertz CT molecular complexity index is 310. The fourth-order valence-corrected chi connectivity index (χ4v) is 2.07. The van der Waals surface area contributed by atoms with Crippen molar-refractivity contribution in [1.82, 2.24) is 4.90 Å². The number of nitrogens with zero attached hydrogens (tertiary/aromatic N) is 1. The Kier molecular flexibility index (Phi) is 4.17. The highest BCUT2D eigenvalue weighted by Crippen LogP contribution is 2.52. The summed E-state index contributed by atoms with van der Waals surface area (Å²) in [6.07, 6.45) is 0.957. The summed E-state index contributed by atoms with van der Waals surface area (Å²) in [6.45, 7) is 9.23. The second-order valence-electron chi connectivity index (χ2n) is 6.07. The van der Waals surface area contributed by atoms with Crippen LogP contribution in [-0.2, 0) is 9.59 Å². The Hall–Kier alpha value is -1.06. The molecule has 4 heteroatoms. The molecular formula is C13H23NO3. The number of rotatable bonds is 6. The first-order valence-electron chi connectivity index (χ1n) is 6.24. The Labute approximate surface area is 103 Å². The van der Waals surface area contributed by atoms with E-state index in [1.54, 1.807) is 4.90 Å². The van der Waals surface area contributed by atoms with Crippen molar-refractivity contribution in [1.29, 1.82) is 0 Å². The molecule has 0 unspecified atom stereocenters. The molecule has 0 aromatic rings. The Morgan fingerprint density at radius 3 is 2.29 bits per heavy atom. The Morgan fingerprint density at radius 1 is 1.41 bits per heavy atom. The van der Waals surface area contributed by atoms with Crippen LogP contribution < -0.4 is 0 Å². The van der Waals surface area contributed by atoms with E-state index in [1.165, 1.54) is 0 Å². The van der Waals surface area contributed by atoms with Crippen molar-refractivity contribution in [3.8, 4) is 0 Å². The quantitative estimate of drug-likeness (QED) is 0.773. The van der Waals surface area contributed by atoms with E-state index in [2.05, 4.69) is 13.8 Å². The molecule has 0 aromatic heterocycles. The largest absolute Gasteiger partial charge is 0.481 e. The molecule has 1 aliphatic carbocycles. The van der Waals surface area contributed by atoms with Crippen LogP contribution in [0.2, 0.25) is 0 Å². The van der Waals surface area contributed by atoms with E-state index in [0.717, 1.165) is 6.42 Å². The predicted molar refractivity (Wildman–Crippen MR) is 65.6 cm³/mol. The standard InChI is InChI=1S/C13H23NO3/c1-9(2)8-14(6-5-11(15)16)12(17)10-7-13(10,3)4/h9-10H,5-8H2,1-4H3,(H,15,16)/t10-/m1/s1. The highest BCUT2D eigenvalue weighted by atomic mass is 16.4. The summed E-state index contributed by atoms with van der Waals surface area (Å²) in [5.41, 5.74) is 0.107. The number of carboxylic acid groups (broad SMARTS) is 1. The first-order valence-corrected chi connectivity index (χ1v) is 6.24. The third-order valence-electron chi connectivity index (χ3n) is 3.30. The maximum Gasteiger partial charge on any atom is 0.305 e. The smallest absolute Gasteiger partial charge is 0.305 e. The summed E-state index contributed by atoms with van der Waals surface area (Å²) < 4.78 is 0. The van der Waals surface area contributed by atoms with E-state index in [9.17, 15) is 9.59 Å². The van der Waals surface area contributed by atoms with Crippen LogP contribution in [0, 0.1) is 17.3 Å². The van der Waals surface area contributed by atoms with Crippen LogP contribution >= 0.6 is 0 Å². The average Bonchev–Trinajstić information content (AvgIpc) is 2.80. The fourth-order valence-electron chi connectivity index (χ4n) is 2.07. The van der Waals surface area contributed by atoms with E-state index in [0.29, 0.717) is 19.0 Å². The van der Waals surface area contributed by atoms with Crippen LogP contribution in [0.4, 0.5) is 0 Å². The molecular weight excluding hydrogens is 218 g/mol. The first kappa shape index (κ1) is 14.0. The minimum atomic E-state index is -0.846. The summed E-state index contributed by atoms with van der Waals surface area (Å²) in [5, 5.41) is 8.70. The first-order chi connectivity index (χ1) is 7.74. The van der Waals surface area contributed by atoms with Crippen molar-refractivity contribution in [3.63, 3.8) is 0 Å². The van der Waals surface area contributed by atoms with Gasteiger partial charge in [-0.2, -0.15) is 0 Å². The van der Waals surface area contributed by atoms with Crippen LogP contribution in [0.15, 0.2) is 0 Å². The van der Waals surface area contributed by atoms with E-state index >= 15 is 0 Å². The van der Waals surface area contributed by atoms with Gasteiger partial charge in [0.15, 0.2) is 0 Å². The summed E-state index contributed by atoms with van der Waals surface area (Å²) in [6, 6.07) is 0. The van der Waals surface area contributed by atoms with Crippen molar-refractivity contribution >= 4 is 11.9 Å². The molecule has 1 atom stereocenters. The lowest BCUT2D eigenvalue weighted by atomic mass is 10.1. The van der Waals surface area contributed by atoms with Gasteiger partial charge in [-0.25, -0.2) is 0 Å². The highest BCUT2D eigenvalue weighted by molar-refractivity contribution is 5.83. The Balaban J connectivity index is 2.56. The summed E-state index contributed by atoms with van der Waals surface area (Å²) >= 11 is 0. The zero-order chi connectivity index (χ0) is 13.2. The molecule has 0 bridgehead atoms. The van der Waals surface area contributed by atoms with Gasteiger partial charge in [0.25, 0.3) is 0 Å². The summed E-state index contributed by atoms with van der Waals surface area (Å²) in [7, 11) is 0. The minimum absolute atomic E-state index is 0.0333. The number of carbonyl (C=O) groups is 2. The van der Waals surface area contributed by atoms with Crippen molar-refractivity contribution < 1.29 is 14.7 Å². The molecule has 0 heterocycles. The third-order valence-corrected chi connectivity index (χ3v) is 3.30. The molecule has 0 spiro atoms. The van der Waals surface area contributed by atoms with Gasteiger partial charge in [-0.05, 0) is 17.8 Å². The molecule has 98 valence electrons. The number of hydrogen-bond donors (Lipinski definition) is 1.